The van der Waals surface area contributed by atoms with Gasteiger partial charge in [-0.3, -0.25) is 4.89 Å². The van der Waals surface area contributed by atoms with Crippen molar-refractivity contribution in [1.82, 2.24) is 0 Å². The van der Waals surface area contributed by atoms with E-state index in [0.717, 1.165) is 6.42 Å². The summed E-state index contributed by atoms with van der Waals surface area (Å²) in [5.74, 6) is -0.0713. The number of methoxy groups -OCH3 is 1. The van der Waals surface area contributed by atoms with Crippen LogP contribution in [0.5, 0.6) is 5.75 Å². The molecule has 0 aliphatic carbocycles. The fourth-order valence-corrected chi connectivity index (χ4v) is 1.05. The van der Waals surface area contributed by atoms with Crippen molar-refractivity contribution < 1.29 is 19.3 Å². The Labute approximate surface area is 95.1 Å². The summed E-state index contributed by atoms with van der Waals surface area (Å²) in [4.78, 5) is 21.2. The average molecular weight is 224 g/mol. The quantitative estimate of drug-likeness (QED) is 0.569. The topological polar surface area (TPSA) is 44.8 Å². The number of ether oxygens (including phenoxy) is 1. The molecule has 0 N–H and O–H groups in total. The lowest BCUT2D eigenvalue weighted by atomic mass is 10.2. The molecule has 1 aromatic carbocycles. The molecule has 0 bridgehead atoms. The number of rotatable bonds is 5. The minimum Gasteiger partial charge on any atom is -0.496 e. The zero-order valence-electron chi connectivity index (χ0n) is 9.73. The van der Waals surface area contributed by atoms with Crippen LogP contribution in [0.15, 0.2) is 24.3 Å². The van der Waals surface area contributed by atoms with Crippen molar-refractivity contribution in [1.29, 1.82) is 0 Å². The molecule has 88 valence electrons. The first-order valence-corrected chi connectivity index (χ1v) is 5.19. The zero-order valence-corrected chi connectivity index (χ0v) is 9.73. The van der Waals surface area contributed by atoms with Crippen molar-refractivity contribution in [3.63, 3.8) is 0 Å². The van der Waals surface area contributed by atoms with Crippen LogP contribution >= 0.6 is 0 Å². The molecule has 0 spiro atoms. The Morgan fingerprint density at radius 2 is 2.06 bits per heavy atom. The molecule has 0 fully saturated rings. The molecule has 0 aliphatic rings. The predicted molar refractivity (Wildman–Crippen MR) is 59.2 cm³/mol. The molecule has 4 heteroatoms. The minimum atomic E-state index is -0.544. The molecule has 1 unspecified atom stereocenters. The monoisotopic (exact) mass is 224 g/mol. The molecular weight excluding hydrogens is 208 g/mol. The van der Waals surface area contributed by atoms with Crippen molar-refractivity contribution in [2.24, 2.45) is 0 Å². The number of carbonyl (C=O) groups is 1. The lowest BCUT2D eigenvalue weighted by Crippen LogP contribution is -2.13. The van der Waals surface area contributed by atoms with E-state index in [-0.39, 0.29) is 6.10 Å². The Kier molecular flexibility index (Phi) is 4.79. The normalized spacial score (nSPS) is 11.9. The third-order valence-corrected chi connectivity index (χ3v) is 2.19. The number of benzene rings is 1. The Morgan fingerprint density at radius 3 is 2.69 bits per heavy atom. The van der Waals surface area contributed by atoms with Gasteiger partial charge in [-0.05, 0) is 25.5 Å². The molecule has 0 aliphatic heterocycles. The van der Waals surface area contributed by atoms with Crippen molar-refractivity contribution in [2.75, 3.05) is 7.11 Å². The minimum absolute atomic E-state index is 0.112. The predicted octanol–water partition coefficient (Wildman–Crippen LogP) is 2.58. The van der Waals surface area contributed by atoms with E-state index >= 15 is 0 Å². The van der Waals surface area contributed by atoms with Gasteiger partial charge < -0.3 is 4.74 Å². The fourth-order valence-electron chi connectivity index (χ4n) is 1.05. The van der Waals surface area contributed by atoms with Crippen LogP contribution in [0.3, 0.4) is 0 Å². The first kappa shape index (κ1) is 12.5. The van der Waals surface area contributed by atoms with Gasteiger partial charge >= 0.3 is 5.97 Å². The van der Waals surface area contributed by atoms with Crippen LogP contribution in [-0.4, -0.2) is 19.2 Å². The van der Waals surface area contributed by atoms with Crippen LogP contribution in [0.2, 0.25) is 0 Å². The van der Waals surface area contributed by atoms with Crippen LogP contribution in [-0.2, 0) is 9.78 Å². The van der Waals surface area contributed by atoms with Gasteiger partial charge in [-0.2, -0.15) is 4.89 Å². The maximum absolute atomic E-state index is 11.6. The van der Waals surface area contributed by atoms with Crippen molar-refractivity contribution >= 4 is 5.97 Å². The molecule has 4 nitrogen and oxygen atoms in total. The Morgan fingerprint density at radius 1 is 1.38 bits per heavy atom. The van der Waals surface area contributed by atoms with Crippen molar-refractivity contribution in [2.45, 2.75) is 26.4 Å². The number of carbonyl (C=O) groups excluding carboxylic acids is 1. The van der Waals surface area contributed by atoms with E-state index in [9.17, 15) is 4.79 Å². The smallest absolute Gasteiger partial charge is 0.376 e. The van der Waals surface area contributed by atoms with E-state index in [0.29, 0.717) is 11.3 Å². The average Bonchev–Trinajstić information content (AvgIpc) is 2.35. The van der Waals surface area contributed by atoms with Gasteiger partial charge in [0.25, 0.3) is 0 Å². The van der Waals surface area contributed by atoms with E-state index in [1.54, 1.807) is 24.3 Å². The van der Waals surface area contributed by atoms with Gasteiger partial charge in [0.05, 0.1) is 7.11 Å². The fraction of sp³-hybridized carbons (Fsp3) is 0.417. The standard InChI is InChI=1S/C12H16O4/c1-4-9(2)15-16-12(13)10-7-5-6-8-11(10)14-3/h5-9H,4H2,1-3H3. The molecule has 0 saturated heterocycles. The van der Waals surface area contributed by atoms with Gasteiger partial charge in [0, 0.05) is 0 Å². The molecule has 16 heavy (non-hydrogen) atoms. The highest BCUT2D eigenvalue weighted by Crippen LogP contribution is 2.18. The van der Waals surface area contributed by atoms with E-state index in [2.05, 4.69) is 0 Å². The second-order valence-corrected chi connectivity index (χ2v) is 3.39. The Balaban J connectivity index is 2.65. The van der Waals surface area contributed by atoms with Gasteiger partial charge in [0.15, 0.2) is 0 Å². The molecule has 1 aromatic rings. The summed E-state index contributed by atoms with van der Waals surface area (Å²) >= 11 is 0. The molecule has 1 rings (SSSR count). The summed E-state index contributed by atoms with van der Waals surface area (Å²) in [5.41, 5.74) is 0.355. The Bertz CT molecular complexity index is 349. The summed E-state index contributed by atoms with van der Waals surface area (Å²) in [6.07, 6.45) is 0.665. The van der Waals surface area contributed by atoms with E-state index in [1.165, 1.54) is 7.11 Å². The first-order chi connectivity index (χ1) is 7.69. The van der Waals surface area contributed by atoms with Gasteiger partial charge in [0.1, 0.15) is 17.4 Å². The number of para-hydroxylation sites is 1. The van der Waals surface area contributed by atoms with Crippen LogP contribution in [0, 0.1) is 0 Å². The lowest BCUT2D eigenvalue weighted by Gasteiger charge is -2.10. The van der Waals surface area contributed by atoms with Crippen LogP contribution in [0.1, 0.15) is 30.6 Å². The van der Waals surface area contributed by atoms with E-state index < -0.39 is 5.97 Å². The Hall–Kier alpha value is -1.55. The largest absolute Gasteiger partial charge is 0.496 e. The molecule has 0 heterocycles. The molecule has 0 amide bonds. The van der Waals surface area contributed by atoms with Gasteiger partial charge in [0.2, 0.25) is 0 Å². The van der Waals surface area contributed by atoms with Gasteiger partial charge in [-0.15, -0.1) is 0 Å². The van der Waals surface area contributed by atoms with Crippen LogP contribution in [0.4, 0.5) is 0 Å². The summed E-state index contributed by atoms with van der Waals surface area (Å²) in [7, 11) is 1.50. The SMILES string of the molecule is CCC(C)OOC(=O)c1ccccc1OC. The van der Waals surface area contributed by atoms with Gasteiger partial charge in [-0.25, -0.2) is 4.79 Å². The third kappa shape index (κ3) is 3.24. The summed E-state index contributed by atoms with van der Waals surface area (Å²) in [6.45, 7) is 3.77. The molecule has 1 atom stereocenters. The van der Waals surface area contributed by atoms with E-state index in [4.69, 9.17) is 14.5 Å². The second-order valence-electron chi connectivity index (χ2n) is 3.39. The third-order valence-electron chi connectivity index (χ3n) is 2.19. The molecular formula is C12H16O4. The van der Waals surface area contributed by atoms with Crippen LogP contribution < -0.4 is 4.74 Å². The highest BCUT2D eigenvalue weighted by molar-refractivity contribution is 5.92. The molecule has 0 aromatic heterocycles. The number of hydrogen-bond acceptors (Lipinski definition) is 4. The van der Waals surface area contributed by atoms with Crippen molar-refractivity contribution in [3.8, 4) is 5.75 Å². The zero-order chi connectivity index (χ0) is 12.0. The summed E-state index contributed by atoms with van der Waals surface area (Å²) in [5, 5.41) is 0. The highest BCUT2D eigenvalue weighted by atomic mass is 17.2. The summed E-state index contributed by atoms with van der Waals surface area (Å²) in [6, 6.07) is 6.84. The van der Waals surface area contributed by atoms with Gasteiger partial charge in [-0.1, -0.05) is 19.1 Å². The van der Waals surface area contributed by atoms with E-state index in [1.807, 2.05) is 13.8 Å². The molecule has 0 saturated carbocycles. The van der Waals surface area contributed by atoms with Crippen molar-refractivity contribution in [3.05, 3.63) is 29.8 Å². The second kappa shape index (κ2) is 6.12. The maximum Gasteiger partial charge on any atom is 0.376 e. The maximum atomic E-state index is 11.6. The van der Waals surface area contributed by atoms with Crippen LogP contribution in [0.25, 0.3) is 0 Å². The molecule has 0 radical (unpaired) electrons. The first-order valence-electron chi connectivity index (χ1n) is 5.19. The lowest BCUT2D eigenvalue weighted by molar-refractivity contribution is -0.270. The number of hydrogen-bond donors (Lipinski definition) is 0. The highest BCUT2D eigenvalue weighted by Gasteiger charge is 2.14. The summed E-state index contributed by atoms with van der Waals surface area (Å²) < 4.78 is 5.04.